The Balaban J connectivity index is 1.41. The number of benzene rings is 1. The first-order valence-electron chi connectivity index (χ1n) is 9.93. The molecule has 3 aromatic heterocycles. The number of hydrogen-bond acceptors (Lipinski definition) is 9. The van der Waals surface area contributed by atoms with E-state index < -0.39 is 0 Å². The lowest BCUT2D eigenvalue weighted by atomic mass is 10.2. The number of methoxy groups -OCH3 is 1. The number of anilines is 1. The molecule has 1 N–H and O–H groups in total. The molecule has 0 saturated carbocycles. The van der Waals surface area contributed by atoms with E-state index in [1.54, 1.807) is 27.1 Å². The average molecular weight is 515 g/mol. The summed E-state index contributed by atoms with van der Waals surface area (Å²) in [6, 6.07) is 8.01. The van der Waals surface area contributed by atoms with Crippen LogP contribution in [0.3, 0.4) is 0 Å². The van der Waals surface area contributed by atoms with Crippen LogP contribution >= 0.6 is 27.3 Å². The molecule has 4 heterocycles. The third-order valence-electron chi connectivity index (χ3n) is 5.22. The van der Waals surface area contributed by atoms with Gasteiger partial charge < -0.3 is 15.0 Å². The maximum atomic E-state index is 11.7. The van der Waals surface area contributed by atoms with Crippen molar-refractivity contribution in [3.8, 4) is 16.3 Å². The van der Waals surface area contributed by atoms with Crippen LogP contribution in [-0.4, -0.2) is 67.2 Å². The van der Waals surface area contributed by atoms with E-state index in [-0.39, 0.29) is 12.1 Å². The van der Waals surface area contributed by atoms with Gasteiger partial charge in [-0.15, -0.1) is 10.2 Å². The number of fused-ring (bicyclic) bond motifs is 1. The first-order chi connectivity index (χ1) is 15.5. The van der Waals surface area contributed by atoms with Gasteiger partial charge in [0.2, 0.25) is 5.95 Å². The maximum Gasteiger partial charge on any atom is 0.409 e. The van der Waals surface area contributed by atoms with Gasteiger partial charge in [0.25, 0.3) is 0 Å². The van der Waals surface area contributed by atoms with Gasteiger partial charge in [0.1, 0.15) is 14.6 Å². The molecule has 1 saturated heterocycles. The van der Waals surface area contributed by atoms with Gasteiger partial charge in [-0.3, -0.25) is 0 Å². The Morgan fingerprint density at radius 1 is 1.28 bits per heavy atom. The molecule has 1 aliphatic rings. The van der Waals surface area contributed by atoms with Gasteiger partial charge >= 0.3 is 6.09 Å². The Labute approximate surface area is 195 Å². The zero-order valence-electron chi connectivity index (χ0n) is 17.3. The number of rotatable bonds is 4. The molecule has 164 valence electrons. The zero-order valence-corrected chi connectivity index (χ0v) is 19.7. The normalized spacial score (nSPS) is 16.0. The van der Waals surface area contributed by atoms with Crippen molar-refractivity contribution in [3.63, 3.8) is 0 Å². The molecule has 0 spiro atoms. The number of aromatic nitrogens is 6. The summed E-state index contributed by atoms with van der Waals surface area (Å²) in [5.41, 5.74) is 2.55. The second-order valence-electron chi connectivity index (χ2n) is 7.35. The highest BCUT2D eigenvalue weighted by Crippen LogP contribution is 2.28. The minimum atomic E-state index is -0.320. The molecule has 12 heteroatoms. The van der Waals surface area contributed by atoms with Crippen molar-refractivity contribution in [2.45, 2.75) is 19.4 Å². The number of likely N-dealkylation sites (tertiary alicyclic amines) is 1. The summed E-state index contributed by atoms with van der Waals surface area (Å²) < 4.78 is 7.24. The van der Waals surface area contributed by atoms with Crippen molar-refractivity contribution in [1.29, 1.82) is 0 Å². The van der Waals surface area contributed by atoms with Gasteiger partial charge in [-0.05, 0) is 53.5 Å². The summed E-state index contributed by atoms with van der Waals surface area (Å²) in [4.78, 5) is 22.5. The number of ether oxygens (including phenoxy) is 1. The SMILES string of the molecule is COC(=O)N1CC[C@@H](Nc2ncc3c(Br)nn(-c4ccc(-c5nnc(C)s5)cc4)c3n2)C1. The quantitative estimate of drug-likeness (QED) is 0.439. The maximum absolute atomic E-state index is 11.7. The van der Waals surface area contributed by atoms with Crippen LogP contribution in [0.1, 0.15) is 11.4 Å². The summed E-state index contributed by atoms with van der Waals surface area (Å²) >= 11 is 5.06. The summed E-state index contributed by atoms with van der Waals surface area (Å²) in [6.07, 6.45) is 2.22. The molecule has 4 aromatic rings. The zero-order chi connectivity index (χ0) is 22.2. The lowest BCUT2D eigenvalue weighted by Crippen LogP contribution is -2.31. The molecule has 1 atom stereocenters. The smallest absolute Gasteiger partial charge is 0.409 e. The number of aryl methyl sites for hydroxylation is 1. The first kappa shape index (κ1) is 20.8. The number of nitrogens with zero attached hydrogens (tertiary/aromatic N) is 7. The number of carbonyl (C=O) groups excluding carboxylic acids is 1. The highest BCUT2D eigenvalue weighted by molar-refractivity contribution is 9.10. The molecule has 0 aliphatic carbocycles. The molecule has 0 radical (unpaired) electrons. The molecule has 1 aliphatic heterocycles. The third kappa shape index (κ3) is 3.91. The van der Waals surface area contributed by atoms with Crippen molar-refractivity contribution in [2.24, 2.45) is 0 Å². The van der Waals surface area contributed by atoms with Crippen molar-refractivity contribution in [1.82, 2.24) is 34.8 Å². The minimum absolute atomic E-state index is 0.0565. The summed E-state index contributed by atoms with van der Waals surface area (Å²) in [7, 11) is 1.39. The molecule has 32 heavy (non-hydrogen) atoms. The van der Waals surface area contributed by atoms with E-state index in [2.05, 4.69) is 41.5 Å². The van der Waals surface area contributed by atoms with Crippen LogP contribution < -0.4 is 5.32 Å². The second kappa shape index (κ2) is 8.43. The van der Waals surface area contributed by atoms with Crippen molar-refractivity contribution < 1.29 is 9.53 Å². The molecule has 10 nitrogen and oxygen atoms in total. The number of amides is 1. The number of carbonyl (C=O) groups is 1. The molecular formula is C20H19BrN8O2S. The molecule has 1 amide bonds. The topological polar surface area (TPSA) is 111 Å². The Morgan fingerprint density at radius 3 is 2.81 bits per heavy atom. The molecular weight excluding hydrogens is 496 g/mol. The lowest BCUT2D eigenvalue weighted by Gasteiger charge is -2.15. The van der Waals surface area contributed by atoms with Crippen LogP contribution in [0.4, 0.5) is 10.7 Å². The highest BCUT2D eigenvalue weighted by Gasteiger charge is 2.27. The van der Waals surface area contributed by atoms with Gasteiger partial charge in [0, 0.05) is 30.9 Å². The number of hydrogen-bond donors (Lipinski definition) is 1. The van der Waals surface area contributed by atoms with Crippen LogP contribution in [0, 0.1) is 6.92 Å². The van der Waals surface area contributed by atoms with Gasteiger partial charge in [-0.2, -0.15) is 10.1 Å². The number of nitrogens with one attached hydrogen (secondary N) is 1. The Bertz CT molecular complexity index is 1290. The van der Waals surface area contributed by atoms with Gasteiger partial charge in [0.05, 0.1) is 18.2 Å². The Kier molecular flexibility index (Phi) is 5.47. The standard InChI is InChI=1S/C20H19BrN8O2S/c1-11-25-26-18(32-11)12-3-5-14(6-4-12)29-17-15(16(21)27-29)9-22-19(24-17)23-13-7-8-28(10-13)20(30)31-2/h3-6,9,13H,7-8,10H2,1-2H3,(H,22,23,24)/t13-/m1/s1. The van der Waals surface area contributed by atoms with Crippen LogP contribution in [0.2, 0.25) is 0 Å². The van der Waals surface area contributed by atoms with E-state index in [0.29, 0.717) is 29.3 Å². The van der Waals surface area contributed by atoms with Crippen molar-refractivity contribution >= 4 is 50.3 Å². The monoisotopic (exact) mass is 514 g/mol. The molecule has 5 rings (SSSR count). The highest BCUT2D eigenvalue weighted by atomic mass is 79.9. The lowest BCUT2D eigenvalue weighted by molar-refractivity contribution is 0.132. The molecule has 1 aromatic carbocycles. The van der Waals surface area contributed by atoms with Crippen molar-refractivity contribution in [2.75, 3.05) is 25.5 Å². The fraction of sp³-hybridized carbons (Fsp3) is 0.300. The van der Waals surface area contributed by atoms with Gasteiger partial charge in [-0.1, -0.05) is 11.3 Å². The summed E-state index contributed by atoms with van der Waals surface area (Å²) in [5, 5.41) is 18.8. The molecule has 0 unspecified atom stereocenters. The van der Waals surface area contributed by atoms with E-state index in [1.807, 2.05) is 31.2 Å². The van der Waals surface area contributed by atoms with Gasteiger partial charge in [-0.25, -0.2) is 14.5 Å². The van der Waals surface area contributed by atoms with E-state index >= 15 is 0 Å². The average Bonchev–Trinajstić information content (AvgIpc) is 3.53. The largest absolute Gasteiger partial charge is 0.453 e. The first-order valence-corrected chi connectivity index (χ1v) is 11.5. The predicted molar refractivity (Wildman–Crippen MR) is 124 cm³/mol. The van der Waals surface area contributed by atoms with Gasteiger partial charge in [0.15, 0.2) is 5.65 Å². The Hall–Kier alpha value is -3.12. The van der Waals surface area contributed by atoms with Crippen LogP contribution in [0.25, 0.3) is 27.3 Å². The van der Waals surface area contributed by atoms with Crippen molar-refractivity contribution in [3.05, 3.63) is 40.1 Å². The fourth-order valence-electron chi connectivity index (χ4n) is 3.63. The minimum Gasteiger partial charge on any atom is -0.453 e. The van der Waals surface area contributed by atoms with Crippen LogP contribution in [0.15, 0.2) is 35.1 Å². The van der Waals surface area contributed by atoms with E-state index in [0.717, 1.165) is 33.1 Å². The van der Waals surface area contributed by atoms with E-state index in [1.165, 1.54) is 7.11 Å². The number of halogens is 1. The molecule has 0 bridgehead atoms. The Morgan fingerprint density at radius 2 is 2.09 bits per heavy atom. The molecule has 1 fully saturated rings. The fourth-order valence-corrected chi connectivity index (χ4v) is 4.77. The summed E-state index contributed by atoms with van der Waals surface area (Å²) in [5.74, 6) is 0.490. The van der Waals surface area contributed by atoms with Crippen LogP contribution in [-0.2, 0) is 4.74 Å². The third-order valence-corrected chi connectivity index (χ3v) is 6.69. The predicted octanol–water partition coefficient (Wildman–Crippen LogP) is 3.66. The summed E-state index contributed by atoms with van der Waals surface area (Å²) in [6.45, 7) is 3.12. The van der Waals surface area contributed by atoms with Crippen LogP contribution in [0.5, 0.6) is 0 Å². The van der Waals surface area contributed by atoms with E-state index in [4.69, 9.17) is 9.72 Å². The second-order valence-corrected chi connectivity index (χ2v) is 9.29. The van der Waals surface area contributed by atoms with E-state index in [9.17, 15) is 4.79 Å².